The maximum Gasteiger partial charge on any atom is 0.240 e. The third-order valence-electron chi connectivity index (χ3n) is 5.57. The van der Waals surface area contributed by atoms with Gasteiger partial charge >= 0.3 is 0 Å². The SMILES string of the molecule is CN=C(NCCNS(=O)(=O)c1ccccc1)NC1CCN(Cc2ccccc2)C(C)C1. The molecule has 2 unspecified atom stereocenters. The monoisotopic (exact) mass is 443 g/mol. The zero-order valence-corrected chi connectivity index (χ0v) is 19.1. The molecule has 0 aromatic heterocycles. The maximum atomic E-state index is 12.3. The molecule has 3 N–H and O–H groups in total. The summed E-state index contributed by atoms with van der Waals surface area (Å²) in [6.07, 6.45) is 2.08. The van der Waals surface area contributed by atoms with E-state index in [1.54, 1.807) is 37.4 Å². The number of hydrogen-bond donors (Lipinski definition) is 3. The van der Waals surface area contributed by atoms with Crippen LogP contribution in [0.4, 0.5) is 0 Å². The van der Waals surface area contributed by atoms with Gasteiger partial charge in [0.05, 0.1) is 4.90 Å². The molecule has 1 aliphatic heterocycles. The van der Waals surface area contributed by atoms with Crippen molar-refractivity contribution in [2.24, 2.45) is 4.99 Å². The van der Waals surface area contributed by atoms with E-state index in [1.807, 2.05) is 6.07 Å². The van der Waals surface area contributed by atoms with Gasteiger partial charge in [-0.1, -0.05) is 48.5 Å². The van der Waals surface area contributed by atoms with Crippen LogP contribution in [0.25, 0.3) is 0 Å². The topological polar surface area (TPSA) is 85.8 Å². The van der Waals surface area contributed by atoms with Gasteiger partial charge in [-0.25, -0.2) is 13.1 Å². The van der Waals surface area contributed by atoms with Crippen LogP contribution < -0.4 is 15.4 Å². The Hall–Kier alpha value is -2.42. The molecular formula is C23H33N5O2S. The largest absolute Gasteiger partial charge is 0.355 e. The Morgan fingerprint density at radius 1 is 1.06 bits per heavy atom. The van der Waals surface area contributed by atoms with Crippen molar-refractivity contribution < 1.29 is 8.42 Å². The highest BCUT2D eigenvalue weighted by Gasteiger charge is 2.26. The molecule has 0 spiro atoms. The Kier molecular flexibility index (Phi) is 8.45. The van der Waals surface area contributed by atoms with Crippen LogP contribution in [0.5, 0.6) is 0 Å². The average Bonchev–Trinajstić information content (AvgIpc) is 2.79. The van der Waals surface area contributed by atoms with Gasteiger partial charge in [0, 0.05) is 45.3 Å². The molecule has 7 nitrogen and oxygen atoms in total. The molecular weight excluding hydrogens is 410 g/mol. The second-order valence-electron chi connectivity index (χ2n) is 7.88. The van der Waals surface area contributed by atoms with Crippen LogP contribution in [0, 0.1) is 0 Å². The summed E-state index contributed by atoms with van der Waals surface area (Å²) in [7, 11) is -1.75. The van der Waals surface area contributed by atoms with Gasteiger partial charge < -0.3 is 10.6 Å². The Bertz CT molecular complexity index is 935. The highest BCUT2D eigenvalue weighted by atomic mass is 32.2. The third kappa shape index (κ3) is 7.05. The van der Waals surface area contributed by atoms with Crippen molar-refractivity contribution in [1.82, 2.24) is 20.3 Å². The van der Waals surface area contributed by atoms with Crippen LogP contribution in [-0.4, -0.2) is 58.0 Å². The highest BCUT2D eigenvalue weighted by Crippen LogP contribution is 2.19. The van der Waals surface area contributed by atoms with Crippen LogP contribution in [0.3, 0.4) is 0 Å². The summed E-state index contributed by atoms with van der Waals surface area (Å²) < 4.78 is 27.2. The van der Waals surface area contributed by atoms with E-state index in [9.17, 15) is 8.42 Å². The van der Waals surface area contributed by atoms with Gasteiger partial charge in [0.15, 0.2) is 5.96 Å². The normalized spacial score (nSPS) is 20.4. The van der Waals surface area contributed by atoms with Gasteiger partial charge in [0.25, 0.3) is 0 Å². The Morgan fingerprint density at radius 3 is 2.39 bits per heavy atom. The predicted octanol–water partition coefficient (Wildman–Crippen LogP) is 2.18. The minimum Gasteiger partial charge on any atom is -0.355 e. The van der Waals surface area contributed by atoms with E-state index in [2.05, 4.69) is 56.4 Å². The van der Waals surface area contributed by atoms with Crippen molar-refractivity contribution in [3.05, 3.63) is 66.2 Å². The third-order valence-corrected chi connectivity index (χ3v) is 7.05. The minimum atomic E-state index is -3.49. The summed E-state index contributed by atoms with van der Waals surface area (Å²) >= 11 is 0. The lowest BCUT2D eigenvalue weighted by atomic mass is 9.97. The zero-order valence-electron chi connectivity index (χ0n) is 18.3. The number of rotatable bonds is 8. The number of guanidine groups is 1. The van der Waals surface area contributed by atoms with Gasteiger partial charge in [-0.2, -0.15) is 0 Å². The van der Waals surface area contributed by atoms with Gasteiger partial charge in [0.1, 0.15) is 0 Å². The van der Waals surface area contributed by atoms with E-state index in [0.29, 0.717) is 24.6 Å². The fraction of sp³-hybridized carbons (Fsp3) is 0.435. The molecule has 168 valence electrons. The number of benzene rings is 2. The van der Waals surface area contributed by atoms with Crippen LogP contribution in [0.1, 0.15) is 25.3 Å². The first-order chi connectivity index (χ1) is 15.0. The number of aliphatic imine (C=N–C) groups is 1. The summed E-state index contributed by atoms with van der Waals surface area (Å²) in [6.45, 7) is 5.01. The molecule has 0 aliphatic carbocycles. The number of piperidine rings is 1. The van der Waals surface area contributed by atoms with E-state index >= 15 is 0 Å². The molecule has 0 bridgehead atoms. The van der Waals surface area contributed by atoms with E-state index in [1.165, 1.54) is 5.56 Å². The summed E-state index contributed by atoms with van der Waals surface area (Å²) in [6, 6.07) is 19.8. The van der Waals surface area contributed by atoms with Crippen molar-refractivity contribution in [1.29, 1.82) is 0 Å². The molecule has 2 atom stereocenters. The van der Waals surface area contributed by atoms with Crippen molar-refractivity contribution >= 4 is 16.0 Å². The van der Waals surface area contributed by atoms with Gasteiger partial charge in [0.2, 0.25) is 10.0 Å². The fourth-order valence-electron chi connectivity index (χ4n) is 3.84. The van der Waals surface area contributed by atoms with Crippen LogP contribution >= 0.6 is 0 Å². The number of likely N-dealkylation sites (tertiary alicyclic amines) is 1. The van der Waals surface area contributed by atoms with Crippen LogP contribution in [0.2, 0.25) is 0 Å². The Labute approximate surface area is 186 Å². The van der Waals surface area contributed by atoms with E-state index in [-0.39, 0.29) is 11.4 Å². The molecule has 1 saturated heterocycles. The lowest BCUT2D eigenvalue weighted by Crippen LogP contribution is -2.52. The standard InChI is InChI=1S/C23H33N5O2S/c1-19-17-21(13-16-28(19)18-20-9-5-3-6-10-20)27-23(24-2)25-14-15-26-31(29,30)22-11-7-4-8-12-22/h3-12,19,21,26H,13-18H2,1-2H3,(H2,24,25,27). The zero-order chi connectivity index (χ0) is 22.1. The first-order valence-electron chi connectivity index (χ1n) is 10.8. The van der Waals surface area contributed by atoms with Crippen LogP contribution in [0.15, 0.2) is 70.6 Å². The van der Waals surface area contributed by atoms with Gasteiger partial charge in [-0.15, -0.1) is 0 Å². The molecule has 31 heavy (non-hydrogen) atoms. The first kappa shape index (κ1) is 23.2. The smallest absolute Gasteiger partial charge is 0.240 e. The molecule has 2 aromatic carbocycles. The number of sulfonamides is 1. The molecule has 3 rings (SSSR count). The molecule has 0 amide bonds. The van der Waals surface area contributed by atoms with Crippen LogP contribution in [-0.2, 0) is 16.6 Å². The highest BCUT2D eigenvalue weighted by molar-refractivity contribution is 7.89. The van der Waals surface area contributed by atoms with Crippen molar-refractivity contribution in [2.45, 2.75) is 43.3 Å². The second kappa shape index (κ2) is 11.3. The van der Waals surface area contributed by atoms with Crippen molar-refractivity contribution in [2.75, 3.05) is 26.7 Å². The van der Waals surface area contributed by atoms with Gasteiger partial charge in [-0.05, 0) is 37.5 Å². The maximum absolute atomic E-state index is 12.3. The molecule has 1 aliphatic rings. The van der Waals surface area contributed by atoms with Crippen molar-refractivity contribution in [3.8, 4) is 0 Å². The molecule has 8 heteroatoms. The lowest BCUT2D eigenvalue weighted by Gasteiger charge is -2.38. The number of nitrogens with zero attached hydrogens (tertiary/aromatic N) is 2. The first-order valence-corrected chi connectivity index (χ1v) is 12.3. The van der Waals surface area contributed by atoms with E-state index < -0.39 is 10.0 Å². The minimum absolute atomic E-state index is 0.272. The molecule has 1 fully saturated rings. The number of nitrogens with one attached hydrogen (secondary N) is 3. The summed E-state index contributed by atoms with van der Waals surface area (Å²) in [4.78, 5) is 7.08. The van der Waals surface area contributed by atoms with E-state index in [4.69, 9.17) is 0 Å². The number of hydrogen-bond acceptors (Lipinski definition) is 4. The molecule has 0 saturated carbocycles. The van der Waals surface area contributed by atoms with Gasteiger partial charge in [-0.3, -0.25) is 9.89 Å². The molecule has 1 heterocycles. The quantitative estimate of drug-likeness (QED) is 0.331. The summed E-state index contributed by atoms with van der Waals surface area (Å²) in [5, 5.41) is 6.69. The summed E-state index contributed by atoms with van der Waals surface area (Å²) in [5.74, 6) is 0.701. The second-order valence-corrected chi connectivity index (χ2v) is 9.65. The Balaban J connectivity index is 1.40. The lowest BCUT2D eigenvalue weighted by molar-refractivity contribution is 0.134. The molecule has 0 radical (unpaired) electrons. The van der Waals surface area contributed by atoms with Crippen molar-refractivity contribution in [3.63, 3.8) is 0 Å². The average molecular weight is 444 g/mol. The predicted molar refractivity (Wildman–Crippen MR) is 125 cm³/mol. The summed E-state index contributed by atoms with van der Waals surface area (Å²) in [5.41, 5.74) is 1.34. The fourth-order valence-corrected chi connectivity index (χ4v) is 4.89. The Morgan fingerprint density at radius 2 is 1.74 bits per heavy atom. The molecule has 2 aromatic rings. The van der Waals surface area contributed by atoms with E-state index in [0.717, 1.165) is 25.9 Å².